The number of aliphatic carboxylic acids is 1. The van der Waals surface area contributed by atoms with Crippen LogP contribution < -0.4 is 5.32 Å². The Balaban J connectivity index is 2.68. The maximum absolute atomic E-state index is 11.9. The zero-order valence-corrected chi connectivity index (χ0v) is 11.8. The van der Waals surface area contributed by atoms with Crippen LogP contribution in [0.1, 0.15) is 31.7 Å². The third kappa shape index (κ3) is 4.08. The number of aryl methyl sites for hydroxylation is 2. The van der Waals surface area contributed by atoms with Crippen molar-refractivity contribution in [3.63, 3.8) is 0 Å². The van der Waals surface area contributed by atoms with Gasteiger partial charge in [0.1, 0.15) is 12.6 Å². The highest BCUT2D eigenvalue weighted by molar-refractivity contribution is 5.83. The van der Waals surface area contributed by atoms with Crippen molar-refractivity contribution in [3.05, 3.63) is 17.5 Å². The van der Waals surface area contributed by atoms with Gasteiger partial charge in [-0.05, 0) is 25.8 Å². The fourth-order valence-corrected chi connectivity index (χ4v) is 1.87. The van der Waals surface area contributed by atoms with E-state index in [9.17, 15) is 9.59 Å². The molecule has 1 aromatic heterocycles. The minimum Gasteiger partial charge on any atom is -0.480 e. The highest BCUT2D eigenvalue weighted by Gasteiger charge is 2.25. The van der Waals surface area contributed by atoms with Crippen molar-refractivity contribution >= 4 is 11.9 Å². The monoisotopic (exact) mass is 267 g/mol. The van der Waals surface area contributed by atoms with Crippen molar-refractivity contribution in [1.29, 1.82) is 0 Å². The molecule has 0 spiro atoms. The lowest BCUT2D eigenvalue weighted by Gasteiger charge is -2.20. The highest BCUT2D eigenvalue weighted by atomic mass is 16.4. The molecule has 0 aromatic carbocycles. The van der Waals surface area contributed by atoms with Crippen molar-refractivity contribution in [1.82, 2.24) is 15.1 Å². The number of rotatable bonds is 6. The summed E-state index contributed by atoms with van der Waals surface area (Å²) in [7, 11) is 0. The smallest absolute Gasteiger partial charge is 0.326 e. The Kier molecular flexibility index (Phi) is 5.09. The summed E-state index contributed by atoms with van der Waals surface area (Å²) in [5.74, 6) is -1.45. The lowest BCUT2D eigenvalue weighted by Crippen LogP contribution is -2.46. The van der Waals surface area contributed by atoms with Crippen molar-refractivity contribution < 1.29 is 14.7 Å². The molecular weight excluding hydrogens is 246 g/mol. The van der Waals surface area contributed by atoms with E-state index in [1.165, 1.54) is 0 Å². The van der Waals surface area contributed by atoms with E-state index < -0.39 is 12.0 Å². The van der Waals surface area contributed by atoms with Crippen molar-refractivity contribution in [3.8, 4) is 0 Å². The van der Waals surface area contributed by atoms with Gasteiger partial charge in [-0.15, -0.1) is 0 Å². The predicted octanol–water partition coefficient (Wildman–Crippen LogP) is 1.12. The molecule has 2 N–H and O–H groups in total. The van der Waals surface area contributed by atoms with Gasteiger partial charge in [0.05, 0.1) is 5.69 Å². The van der Waals surface area contributed by atoms with Gasteiger partial charge >= 0.3 is 5.97 Å². The van der Waals surface area contributed by atoms with Crippen LogP contribution in [0.5, 0.6) is 0 Å². The average Bonchev–Trinajstić information content (AvgIpc) is 2.63. The summed E-state index contributed by atoms with van der Waals surface area (Å²) in [5, 5.41) is 15.8. The number of amides is 1. The number of nitrogens with zero attached hydrogens (tertiary/aromatic N) is 2. The number of carbonyl (C=O) groups excluding carboxylic acids is 1. The number of carbonyl (C=O) groups is 2. The van der Waals surface area contributed by atoms with Crippen molar-refractivity contribution in [2.45, 2.75) is 46.7 Å². The first-order valence-corrected chi connectivity index (χ1v) is 6.38. The zero-order valence-electron chi connectivity index (χ0n) is 11.8. The first kappa shape index (κ1) is 15.2. The van der Waals surface area contributed by atoms with Gasteiger partial charge in [0.15, 0.2) is 0 Å². The summed E-state index contributed by atoms with van der Waals surface area (Å²) in [6.07, 6.45) is 0.692. The number of hydrogen-bond donors (Lipinski definition) is 2. The first-order valence-electron chi connectivity index (χ1n) is 6.38. The lowest BCUT2D eigenvalue weighted by atomic mass is 9.99. The predicted molar refractivity (Wildman–Crippen MR) is 70.7 cm³/mol. The molecule has 0 aliphatic heterocycles. The fourth-order valence-electron chi connectivity index (χ4n) is 1.87. The Morgan fingerprint density at radius 3 is 2.53 bits per heavy atom. The SMILES string of the molecule is CC[C@H](C)[C@H](NC(=O)Cn1nc(C)cc1C)C(=O)O. The van der Waals surface area contributed by atoms with Gasteiger partial charge < -0.3 is 10.4 Å². The highest BCUT2D eigenvalue weighted by Crippen LogP contribution is 2.08. The molecule has 0 radical (unpaired) electrons. The lowest BCUT2D eigenvalue weighted by molar-refractivity contribution is -0.143. The molecular formula is C13H21N3O3. The van der Waals surface area contributed by atoms with E-state index >= 15 is 0 Å². The van der Waals surface area contributed by atoms with Crippen LogP contribution in [0.4, 0.5) is 0 Å². The summed E-state index contributed by atoms with van der Waals surface area (Å²) in [4.78, 5) is 23.0. The molecule has 1 aromatic rings. The molecule has 0 unspecified atom stereocenters. The van der Waals surface area contributed by atoms with Gasteiger partial charge in [0.2, 0.25) is 5.91 Å². The third-order valence-electron chi connectivity index (χ3n) is 3.19. The molecule has 0 fully saturated rings. The number of carboxylic acid groups (broad SMARTS) is 1. The van der Waals surface area contributed by atoms with Crippen LogP contribution in [0, 0.1) is 19.8 Å². The van der Waals surface area contributed by atoms with Crippen LogP contribution in [-0.4, -0.2) is 32.8 Å². The van der Waals surface area contributed by atoms with Crippen LogP contribution in [0.15, 0.2) is 6.07 Å². The molecule has 0 saturated heterocycles. The van der Waals surface area contributed by atoms with Crippen LogP contribution in [-0.2, 0) is 16.1 Å². The Morgan fingerprint density at radius 1 is 1.47 bits per heavy atom. The summed E-state index contributed by atoms with van der Waals surface area (Å²) in [6.45, 7) is 7.45. The maximum atomic E-state index is 11.9. The maximum Gasteiger partial charge on any atom is 0.326 e. The molecule has 1 amide bonds. The normalized spacial score (nSPS) is 13.9. The fraction of sp³-hybridized carbons (Fsp3) is 0.615. The molecule has 2 atom stereocenters. The number of nitrogens with one attached hydrogen (secondary N) is 1. The number of aromatic nitrogens is 2. The van der Waals surface area contributed by atoms with Gasteiger partial charge in [-0.25, -0.2) is 4.79 Å². The van der Waals surface area contributed by atoms with E-state index in [0.717, 1.165) is 11.4 Å². The van der Waals surface area contributed by atoms with Crippen LogP contribution in [0.25, 0.3) is 0 Å². The van der Waals surface area contributed by atoms with Gasteiger partial charge in [-0.2, -0.15) is 5.10 Å². The van der Waals surface area contributed by atoms with Crippen molar-refractivity contribution in [2.24, 2.45) is 5.92 Å². The Labute approximate surface area is 112 Å². The molecule has 6 heteroatoms. The van der Waals surface area contributed by atoms with Gasteiger partial charge in [0.25, 0.3) is 0 Å². The van der Waals surface area contributed by atoms with Gasteiger partial charge in [-0.3, -0.25) is 9.48 Å². The summed E-state index contributed by atoms with van der Waals surface area (Å²) < 4.78 is 1.57. The quantitative estimate of drug-likeness (QED) is 0.808. The van der Waals surface area contributed by atoms with Crippen molar-refractivity contribution in [2.75, 3.05) is 0 Å². The van der Waals surface area contributed by atoms with E-state index in [0.29, 0.717) is 6.42 Å². The molecule has 6 nitrogen and oxygen atoms in total. The molecule has 1 heterocycles. The first-order chi connectivity index (χ1) is 8.85. The molecule has 0 aliphatic rings. The molecule has 106 valence electrons. The molecule has 0 bridgehead atoms. The van der Waals surface area contributed by atoms with Crippen LogP contribution >= 0.6 is 0 Å². The second-order valence-electron chi connectivity index (χ2n) is 4.85. The summed E-state index contributed by atoms with van der Waals surface area (Å²) >= 11 is 0. The topological polar surface area (TPSA) is 84.2 Å². The molecule has 1 rings (SSSR count). The Morgan fingerprint density at radius 2 is 2.11 bits per heavy atom. The molecule has 0 saturated carbocycles. The Bertz CT molecular complexity index is 468. The Hall–Kier alpha value is -1.85. The van der Waals surface area contributed by atoms with E-state index in [1.54, 1.807) is 4.68 Å². The second kappa shape index (κ2) is 6.36. The standard InChI is InChI=1S/C13H21N3O3/c1-5-8(2)12(13(18)19)14-11(17)7-16-10(4)6-9(3)15-16/h6,8,12H,5,7H2,1-4H3,(H,14,17)(H,18,19)/t8-,12-/m0/s1. The minimum atomic E-state index is -1.00. The minimum absolute atomic E-state index is 0.0416. The van der Waals surface area contributed by atoms with E-state index in [4.69, 9.17) is 5.11 Å². The van der Waals surface area contributed by atoms with Crippen LogP contribution in [0.2, 0.25) is 0 Å². The van der Waals surface area contributed by atoms with E-state index in [1.807, 2.05) is 33.8 Å². The number of hydrogen-bond acceptors (Lipinski definition) is 3. The van der Waals surface area contributed by atoms with E-state index in [-0.39, 0.29) is 18.4 Å². The summed E-state index contributed by atoms with van der Waals surface area (Å²) in [6, 6.07) is 1.02. The number of carboxylic acids is 1. The molecule has 19 heavy (non-hydrogen) atoms. The van der Waals surface area contributed by atoms with Gasteiger partial charge in [-0.1, -0.05) is 20.3 Å². The average molecular weight is 267 g/mol. The second-order valence-corrected chi connectivity index (χ2v) is 4.85. The molecule has 0 aliphatic carbocycles. The van der Waals surface area contributed by atoms with E-state index in [2.05, 4.69) is 10.4 Å². The van der Waals surface area contributed by atoms with Crippen LogP contribution in [0.3, 0.4) is 0 Å². The zero-order chi connectivity index (χ0) is 14.6. The summed E-state index contributed by atoms with van der Waals surface area (Å²) in [5.41, 5.74) is 1.71. The largest absolute Gasteiger partial charge is 0.480 e. The third-order valence-corrected chi connectivity index (χ3v) is 3.19. The van der Waals surface area contributed by atoms with Gasteiger partial charge in [0, 0.05) is 5.69 Å².